The van der Waals surface area contributed by atoms with E-state index in [4.69, 9.17) is 108 Å². The number of nitrogen functional groups attached to an aromatic ring is 5. The molecule has 0 bridgehead atoms. The molecule has 36 nitrogen and oxygen atoms in total. The van der Waals surface area contributed by atoms with Crippen LogP contribution in [0.4, 0.5) is 29.1 Å². The summed E-state index contributed by atoms with van der Waals surface area (Å²) in [6.07, 6.45) is 0. The SMILES string of the molecule is C.COC(=O)c1nc(-c2cc(C)nc(C)c2)c(-c2ccccc2)nc1N.COC(=O)c1nc(Cl)c(-c2ccccc2)nc1N.COC(=O)c1nc(Cl)c(Cl)nc1N.COc1ccccc1CN.COc1ccccc1CNC(=O)c1nc(-c2cc(C)nc(C)c2)c(-c2ccccc2)nc1N.Cc1cc(-c2nc(C(=O)O)c(N)nc2-c2ccccc2)cc(C)n1.Cc1cc(B(O)O)cc(C)n1.OB(O)c1ccccc1. The summed E-state index contributed by atoms with van der Waals surface area (Å²) in [5.41, 5.74) is 53.1. The van der Waals surface area contributed by atoms with E-state index in [1.54, 1.807) is 50.6 Å². The number of aryl methyl sites for hydroxylation is 8. The van der Waals surface area contributed by atoms with Gasteiger partial charge < -0.3 is 88.6 Å². The number of benzene rings is 7. The zero-order valence-corrected chi connectivity index (χ0v) is 82.2. The minimum Gasteiger partial charge on any atom is -0.496 e. The molecule has 0 atom stereocenters. The molecule has 0 aliphatic rings. The molecule has 1 amide bonds. The lowest BCUT2D eigenvalue weighted by Gasteiger charge is -2.14. The van der Waals surface area contributed by atoms with Crippen molar-refractivity contribution in [2.75, 3.05) is 64.2 Å². The number of esters is 3. The number of anilines is 5. The summed E-state index contributed by atoms with van der Waals surface area (Å²) >= 11 is 17.0. The van der Waals surface area contributed by atoms with Gasteiger partial charge in [0.15, 0.2) is 73.0 Å². The van der Waals surface area contributed by atoms with Crippen molar-refractivity contribution in [1.29, 1.82) is 0 Å². The van der Waals surface area contributed by atoms with E-state index in [0.717, 1.165) is 101 Å². The van der Waals surface area contributed by atoms with Gasteiger partial charge in [0, 0.05) is 109 Å². The van der Waals surface area contributed by atoms with Crippen molar-refractivity contribution in [2.24, 2.45) is 5.73 Å². The highest BCUT2D eigenvalue weighted by atomic mass is 35.5. The summed E-state index contributed by atoms with van der Waals surface area (Å²) < 4.78 is 24.1. The zero-order chi connectivity index (χ0) is 104. The number of nitrogens with one attached hydrogen (secondary N) is 1. The van der Waals surface area contributed by atoms with Crippen LogP contribution in [0.5, 0.6) is 11.5 Å². The average molecular weight is 2010 g/mol. The number of pyridine rings is 4. The molecule has 144 heavy (non-hydrogen) atoms. The third-order valence-corrected chi connectivity index (χ3v) is 20.7. The predicted octanol–water partition coefficient (Wildman–Crippen LogP) is 14.5. The highest BCUT2D eigenvalue weighted by Gasteiger charge is 2.27. The fourth-order valence-corrected chi connectivity index (χ4v) is 14.1. The standard InChI is InChI=1S/C26H25N5O2.C19H18N4O2.C18H16N4O2.C12H10ClN3O2.C8H11NO.C7H10BNO2.C6H7BO2.C6H5Cl2N3O2.CH4/c1-16-13-20(14-17(2)29-16)23-22(18-9-5-4-6-10-18)31-25(27)24(30-23)26(32)28-15-19-11-7-8-12-21(19)33-3;1-11-9-14(10-12(2)21-11)16-15(13-7-5-4-6-8-13)23-18(20)17(22-16)19(24)25-3;1-10-8-13(9-11(2)20-10)15-14(12-6-4-3-5-7-12)22-17(19)16(21-15)18(23)24;1-18-12(17)9-11(14)16-8(10(13)15-9)7-5-3-2-4-6-7;1-10-8-5-3-2-4-7(8)6-9;1-5-3-7(8(10)11)4-6(2)9-5;8-7(9)6-4-2-1-3-5-6;1-13-6(12)2-5(9)11-4(8)3(7)10-2;/h4-14H,15H2,1-3H3,(H2,27,31)(H,28,32);4-10H,1-3H3,(H2,20,23);3-9H,1-2H3,(H2,19,22)(H,23,24);2-6H,1H3,(H2,14,16);2-5H,6,9H2,1H3;3-4,10-11H,1-2H3;1-5,8-9H;1H3,(H2,9,11);1H4. The first kappa shape index (κ1) is 113. The number of carboxylic acids is 1. The number of carbonyl (C=O) groups excluding carboxylic acids is 4. The Hall–Kier alpha value is -16.7. The molecule has 9 aromatic heterocycles. The van der Waals surface area contributed by atoms with Crippen LogP contribution in [-0.4, -0.2) is 175 Å². The normalized spacial score (nSPS) is 10.1. The number of para-hydroxylation sites is 2. The molecule has 740 valence electrons. The molecule has 0 aliphatic carbocycles. The van der Waals surface area contributed by atoms with Crippen molar-refractivity contribution in [3.05, 3.63) is 349 Å². The molecule has 0 saturated heterocycles. The van der Waals surface area contributed by atoms with Crippen molar-refractivity contribution in [2.45, 2.75) is 75.9 Å². The Morgan fingerprint density at radius 3 is 0.903 bits per heavy atom. The summed E-state index contributed by atoms with van der Waals surface area (Å²) in [6, 6.07) is 76.4. The Morgan fingerprint density at radius 1 is 0.306 bits per heavy atom. The van der Waals surface area contributed by atoms with E-state index < -0.39 is 44.0 Å². The zero-order valence-electron chi connectivity index (χ0n) is 79.9. The number of methoxy groups -OCH3 is 5. The number of nitrogens with zero attached hydrogens (tertiary/aromatic N) is 14. The van der Waals surface area contributed by atoms with E-state index in [2.05, 4.69) is 79.6 Å². The van der Waals surface area contributed by atoms with Crippen LogP contribution >= 0.6 is 34.8 Å². The molecule has 16 rings (SSSR count). The van der Waals surface area contributed by atoms with Gasteiger partial charge in [0.2, 0.25) is 0 Å². The van der Waals surface area contributed by atoms with Crippen LogP contribution in [0.2, 0.25) is 15.5 Å². The highest BCUT2D eigenvalue weighted by molar-refractivity contribution is 6.59. The van der Waals surface area contributed by atoms with Gasteiger partial charge in [-0.3, -0.25) is 24.7 Å². The topological polar surface area (TPSA) is 581 Å². The first-order valence-electron chi connectivity index (χ1n) is 43.2. The molecule has 0 radical (unpaired) electrons. The maximum Gasteiger partial charge on any atom is 0.488 e. The smallest absolute Gasteiger partial charge is 0.488 e. The number of halogens is 3. The van der Waals surface area contributed by atoms with E-state index in [1.165, 1.54) is 21.3 Å². The minimum absolute atomic E-state index is 0. The van der Waals surface area contributed by atoms with Crippen LogP contribution in [0.3, 0.4) is 0 Å². The Bertz CT molecular complexity index is 7010. The van der Waals surface area contributed by atoms with Crippen molar-refractivity contribution in [3.8, 4) is 90.3 Å². The Balaban J connectivity index is 0.000000208. The molecular formula is C103H106B2Cl3N21O15. The molecular weight excluding hydrogens is 1900 g/mol. The van der Waals surface area contributed by atoms with E-state index in [1.807, 2.05) is 268 Å². The predicted molar refractivity (Wildman–Crippen MR) is 560 cm³/mol. The van der Waals surface area contributed by atoms with Gasteiger partial charge in [0.25, 0.3) is 5.91 Å². The lowest BCUT2D eigenvalue weighted by Crippen LogP contribution is -2.30. The van der Waals surface area contributed by atoms with Crippen LogP contribution in [0.15, 0.2) is 249 Å². The first-order valence-corrected chi connectivity index (χ1v) is 44.4. The van der Waals surface area contributed by atoms with Gasteiger partial charge >= 0.3 is 38.1 Å². The number of hydrogen-bond donors (Lipinski definition) is 12. The second-order valence-corrected chi connectivity index (χ2v) is 31.7. The van der Waals surface area contributed by atoms with Gasteiger partial charge in [0.05, 0.1) is 69.7 Å². The minimum atomic E-state index is -1.39. The number of rotatable bonds is 19. The summed E-state index contributed by atoms with van der Waals surface area (Å²) in [4.78, 5) is 118. The van der Waals surface area contributed by atoms with Gasteiger partial charge in [-0.05, 0) is 127 Å². The molecule has 7 aromatic carbocycles. The first-order chi connectivity index (χ1) is 68.4. The van der Waals surface area contributed by atoms with Crippen LogP contribution < -0.4 is 60.1 Å². The van der Waals surface area contributed by atoms with Crippen molar-refractivity contribution in [3.63, 3.8) is 0 Å². The van der Waals surface area contributed by atoms with Crippen molar-refractivity contribution in [1.82, 2.24) is 75.1 Å². The number of aromatic carboxylic acids is 1. The molecule has 41 heteroatoms. The maximum absolute atomic E-state index is 13.1. The van der Waals surface area contributed by atoms with Crippen LogP contribution in [0, 0.1) is 55.4 Å². The number of amides is 1. The third-order valence-electron chi connectivity index (χ3n) is 19.8. The van der Waals surface area contributed by atoms with Crippen LogP contribution in [0.25, 0.3) is 78.8 Å². The lowest BCUT2D eigenvalue weighted by atomic mass is 9.80. The molecule has 18 N–H and O–H groups in total. The molecule has 0 unspecified atom stereocenters. The number of carboxylic acid groups (broad SMARTS) is 1. The number of ether oxygens (including phenoxy) is 5. The van der Waals surface area contributed by atoms with Gasteiger partial charge in [0.1, 0.15) is 17.2 Å². The van der Waals surface area contributed by atoms with Gasteiger partial charge in [-0.25, -0.2) is 69.0 Å². The summed E-state index contributed by atoms with van der Waals surface area (Å²) in [5.74, 6) is -2.16. The van der Waals surface area contributed by atoms with Gasteiger partial charge in [-0.1, -0.05) is 230 Å². The van der Waals surface area contributed by atoms with Gasteiger partial charge in [-0.2, -0.15) is 0 Å². The van der Waals surface area contributed by atoms with E-state index >= 15 is 0 Å². The molecule has 9 heterocycles. The summed E-state index contributed by atoms with van der Waals surface area (Å²) in [6.45, 7) is 15.8. The highest BCUT2D eigenvalue weighted by Crippen LogP contribution is 2.37. The van der Waals surface area contributed by atoms with Crippen molar-refractivity contribution < 1.29 is 72.9 Å². The third kappa shape index (κ3) is 31.9. The number of aromatic nitrogens is 14. The Morgan fingerprint density at radius 2 is 0.569 bits per heavy atom. The molecule has 16 aromatic rings. The number of nitrogens with two attached hydrogens (primary N) is 6. The summed E-state index contributed by atoms with van der Waals surface area (Å²) in [7, 11) is 4.23. The fourth-order valence-electron chi connectivity index (χ4n) is 13.6. The maximum atomic E-state index is 13.1. The van der Waals surface area contributed by atoms with Gasteiger partial charge in [-0.15, -0.1) is 0 Å². The van der Waals surface area contributed by atoms with E-state index in [-0.39, 0.29) is 87.0 Å². The molecule has 0 aliphatic heterocycles. The Labute approximate surface area is 847 Å². The molecule has 0 saturated carbocycles. The van der Waals surface area contributed by atoms with Crippen molar-refractivity contribution >= 4 is 119 Å². The molecule has 0 fully saturated rings. The summed E-state index contributed by atoms with van der Waals surface area (Å²) in [5, 5.41) is 46.9. The largest absolute Gasteiger partial charge is 0.496 e. The number of hydrogen-bond acceptors (Lipinski definition) is 34. The second-order valence-electron chi connectivity index (χ2n) is 30.6. The van der Waals surface area contributed by atoms with E-state index in [9.17, 15) is 29.1 Å². The second kappa shape index (κ2) is 54.7. The number of carbonyl (C=O) groups is 5. The molecule has 0 spiro atoms. The quantitative estimate of drug-likeness (QED) is 0.0203. The lowest BCUT2D eigenvalue weighted by molar-refractivity contribution is 0.0586. The van der Waals surface area contributed by atoms with E-state index in [0.29, 0.717) is 63.1 Å². The monoisotopic (exact) mass is 2000 g/mol. The average Bonchev–Trinajstić information content (AvgIpc) is 0.787. The van der Waals surface area contributed by atoms with Crippen LogP contribution in [-0.2, 0) is 27.3 Å². The van der Waals surface area contributed by atoms with Crippen LogP contribution in [0.1, 0.15) is 117 Å². The fraction of sp³-hybridized carbons (Fsp3) is 0.155. The Kier molecular flexibility index (Phi) is 42.8.